The van der Waals surface area contributed by atoms with E-state index in [4.69, 9.17) is 11.5 Å². The van der Waals surface area contributed by atoms with Crippen LogP contribution < -0.4 is 5.32 Å². The van der Waals surface area contributed by atoms with E-state index in [0.717, 1.165) is 25.7 Å². The van der Waals surface area contributed by atoms with Crippen molar-refractivity contribution in [3.8, 4) is 12.3 Å². The minimum Gasteiger partial charge on any atom is -0.480 e. The van der Waals surface area contributed by atoms with E-state index < -0.39 is 12.0 Å². The van der Waals surface area contributed by atoms with Gasteiger partial charge in [-0.1, -0.05) is 6.92 Å². The molecule has 1 atom stereocenters. The molecule has 17 heavy (non-hydrogen) atoms. The molecule has 1 fully saturated rings. The first-order valence-electron chi connectivity index (χ1n) is 6.01. The van der Waals surface area contributed by atoms with Gasteiger partial charge in [-0.3, -0.25) is 4.79 Å². The Morgan fingerprint density at radius 1 is 1.41 bits per heavy atom. The summed E-state index contributed by atoms with van der Waals surface area (Å²) in [7, 11) is 0. The zero-order chi connectivity index (χ0) is 12.8. The van der Waals surface area contributed by atoms with Gasteiger partial charge in [-0.15, -0.1) is 12.3 Å². The Morgan fingerprint density at radius 3 is 2.47 bits per heavy atom. The highest BCUT2D eigenvalue weighted by atomic mass is 16.4. The summed E-state index contributed by atoms with van der Waals surface area (Å²) in [6.07, 6.45) is 8.86. The van der Waals surface area contributed by atoms with Crippen molar-refractivity contribution in [2.45, 2.75) is 45.1 Å². The Balaban J connectivity index is 2.47. The van der Waals surface area contributed by atoms with E-state index in [-0.39, 0.29) is 18.2 Å². The Morgan fingerprint density at radius 2 is 2.00 bits per heavy atom. The molecule has 94 valence electrons. The van der Waals surface area contributed by atoms with Crippen LogP contribution in [0.4, 0.5) is 0 Å². The molecule has 2 N–H and O–H groups in total. The number of hydrogen-bond acceptors (Lipinski definition) is 2. The van der Waals surface area contributed by atoms with E-state index in [1.807, 2.05) is 0 Å². The maximum atomic E-state index is 11.9. The van der Waals surface area contributed by atoms with Gasteiger partial charge in [0.15, 0.2) is 0 Å². The van der Waals surface area contributed by atoms with Crippen molar-refractivity contribution in [3.05, 3.63) is 0 Å². The fraction of sp³-hybridized carbons (Fsp3) is 0.692. The van der Waals surface area contributed by atoms with Crippen LogP contribution in [-0.2, 0) is 9.59 Å². The third-order valence-corrected chi connectivity index (χ3v) is 3.32. The normalized spacial score (nSPS) is 25.6. The highest BCUT2D eigenvalue weighted by Gasteiger charge is 2.27. The number of nitrogens with one attached hydrogen (secondary N) is 1. The fourth-order valence-electron chi connectivity index (χ4n) is 2.13. The second-order valence-electron chi connectivity index (χ2n) is 4.76. The largest absolute Gasteiger partial charge is 0.480 e. The summed E-state index contributed by atoms with van der Waals surface area (Å²) in [5.41, 5.74) is 0. The van der Waals surface area contributed by atoms with Gasteiger partial charge in [-0.05, 0) is 31.6 Å². The van der Waals surface area contributed by atoms with Gasteiger partial charge in [0.2, 0.25) is 5.91 Å². The SMILES string of the molecule is C#CCC(NC(=O)C1CCC(C)CC1)C(=O)O. The van der Waals surface area contributed by atoms with E-state index in [2.05, 4.69) is 18.2 Å². The predicted molar refractivity (Wildman–Crippen MR) is 64.1 cm³/mol. The smallest absolute Gasteiger partial charge is 0.327 e. The highest BCUT2D eigenvalue weighted by Crippen LogP contribution is 2.28. The first kappa shape index (κ1) is 13.6. The quantitative estimate of drug-likeness (QED) is 0.726. The number of carbonyl (C=O) groups excluding carboxylic acids is 1. The summed E-state index contributed by atoms with van der Waals surface area (Å²) >= 11 is 0. The Hall–Kier alpha value is -1.50. The molecular weight excluding hydrogens is 218 g/mol. The number of carboxylic acid groups (broad SMARTS) is 1. The molecule has 1 aliphatic carbocycles. The lowest BCUT2D eigenvalue weighted by molar-refractivity contribution is -0.142. The van der Waals surface area contributed by atoms with Gasteiger partial charge in [0, 0.05) is 12.3 Å². The van der Waals surface area contributed by atoms with Gasteiger partial charge in [-0.2, -0.15) is 0 Å². The van der Waals surface area contributed by atoms with Crippen molar-refractivity contribution >= 4 is 11.9 Å². The first-order valence-corrected chi connectivity index (χ1v) is 6.01. The molecule has 1 rings (SSSR count). The molecule has 0 aromatic carbocycles. The fourth-order valence-corrected chi connectivity index (χ4v) is 2.13. The lowest BCUT2D eigenvalue weighted by Gasteiger charge is -2.26. The summed E-state index contributed by atoms with van der Waals surface area (Å²) < 4.78 is 0. The van der Waals surface area contributed by atoms with Gasteiger partial charge in [-0.25, -0.2) is 4.79 Å². The highest BCUT2D eigenvalue weighted by molar-refractivity contribution is 5.85. The third-order valence-electron chi connectivity index (χ3n) is 3.32. The van der Waals surface area contributed by atoms with Crippen LogP contribution in [0.3, 0.4) is 0 Å². The molecule has 0 aromatic heterocycles. The number of terminal acetylenes is 1. The second kappa shape index (κ2) is 6.29. The van der Waals surface area contributed by atoms with Crippen molar-refractivity contribution in [1.82, 2.24) is 5.32 Å². The molecule has 1 aliphatic rings. The zero-order valence-electron chi connectivity index (χ0n) is 10.1. The van der Waals surface area contributed by atoms with Crippen LogP contribution in [0.15, 0.2) is 0 Å². The van der Waals surface area contributed by atoms with Gasteiger partial charge in [0.05, 0.1) is 0 Å². The summed E-state index contributed by atoms with van der Waals surface area (Å²) in [5, 5.41) is 11.4. The standard InChI is InChI=1S/C13H19NO3/c1-3-4-11(13(16)17)14-12(15)10-7-5-9(2)6-8-10/h1,9-11H,4-8H2,2H3,(H,14,15)(H,16,17). The Bertz CT molecular complexity index is 324. The molecule has 1 saturated carbocycles. The van der Waals surface area contributed by atoms with Gasteiger partial charge < -0.3 is 10.4 Å². The van der Waals surface area contributed by atoms with Crippen LogP contribution in [0, 0.1) is 24.2 Å². The Kier molecular flexibility index (Phi) is 5.02. The number of aliphatic carboxylic acids is 1. The van der Waals surface area contributed by atoms with E-state index in [9.17, 15) is 9.59 Å². The number of hydrogen-bond donors (Lipinski definition) is 2. The molecule has 4 nitrogen and oxygen atoms in total. The van der Waals surface area contributed by atoms with Gasteiger partial charge >= 0.3 is 5.97 Å². The summed E-state index contributed by atoms with van der Waals surface area (Å²) in [4.78, 5) is 22.7. The van der Waals surface area contributed by atoms with Crippen LogP contribution in [0.5, 0.6) is 0 Å². The predicted octanol–water partition coefficient (Wildman–Crippen LogP) is 1.41. The maximum Gasteiger partial charge on any atom is 0.327 e. The van der Waals surface area contributed by atoms with E-state index in [1.165, 1.54) is 0 Å². The minimum atomic E-state index is -1.07. The molecule has 0 saturated heterocycles. The average Bonchev–Trinajstić information content (AvgIpc) is 2.29. The number of rotatable bonds is 4. The van der Waals surface area contributed by atoms with Crippen molar-refractivity contribution in [2.24, 2.45) is 11.8 Å². The number of carbonyl (C=O) groups is 2. The van der Waals surface area contributed by atoms with Crippen LogP contribution >= 0.6 is 0 Å². The number of carboxylic acids is 1. The van der Waals surface area contributed by atoms with E-state index >= 15 is 0 Å². The molecule has 0 aromatic rings. The van der Waals surface area contributed by atoms with Gasteiger partial charge in [0.25, 0.3) is 0 Å². The zero-order valence-corrected chi connectivity index (χ0v) is 10.1. The van der Waals surface area contributed by atoms with Gasteiger partial charge in [0.1, 0.15) is 6.04 Å². The molecule has 4 heteroatoms. The van der Waals surface area contributed by atoms with Crippen molar-refractivity contribution in [1.29, 1.82) is 0 Å². The molecule has 1 unspecified atom stereocenters. The molecular formula is C13H19NO3. The van der Waals surface area contributed by atoms with E-state index in [0.29, 0.717) is 5.92 Å². The minimum absolute atomic E-state index is 0.0319. The summed E-state index contributed by atoms with van der Waals surface area (Å²) in [5.74, 6) is 1.65. The molecule has 0 radical (unpaired) electrons. The molecule has 1 amide bonds. The van der Waals surface area contributed by atoms with Crippen LogP contribution in [-0.4, -0.2) is 23.0 Å². The molecule has 0 heterocycles. The number of amides is 1. The maximum absolute atomic E-state index is 11.9. The summed E-state index contributed by atoms with van der Waals surface area (Å²) in [6.45, 7) is 2.17. The topological polar surface area (TPSA) is 66.4 Å². The lowest BCUT2D eigenvalue weighted by atomic mass is 9.82. The molecule has 0 bridgehead atoms. The van der Waals surface area contributed by atoms with Crippen LogP contribution in [0.25, 0.3) is 0 Å². The van der Waals surface area contributed by atoms with Crippen molar-refractivity contribution < 1.29 is 14.7 Å². The molecule has 0 aliphatic heterocycles. The second-order valence-corrected chi connectivity index (χ2v) is 4.76. The molecule has 0 spiro atoms. The van der Waals surface area contributed by atoms with Crippen LogP contribution in [0.2, 0.25) is 0 Å². The Labute approximate surface area is 102 Å². The average molecular weight is 237 g/mol. The summed E-state index contributed by atoms with van der Waals surface area (Å²) in [6, 6.07) is -0.952. The lowest BCUT2D eigenvalue weighted by Crippen LogP contribution is -2.44. The van der Waals surface area contributed by atoms with Crippen LogP contribution in [0.1, 0.15) is 39.0 Å². The van der Waals surface area contributed by atoms with Crippen molar-refractivity contribution in [3.63, 3.8) is 0 Å². The van der Waals surface area contributed by atoms with E-state index in [1.54, 1.807) is 0 Å². The first-order chi connectivity index (χ1) is 8.04. The van der Waals surface area contributed by atoms with Crippen molar-refractivity contribution in [2.75, 3.05) is 0 Å². The third kappa shape index (κ3) is 4.10. The monoisotopic (exact) mass is 237 g/mol.